The zero-order chi connectivity index (χ0) is 10.2. The van der Waals surface area contributed by atoms with Crippen molar-refractivity contribution in [1.82, 2.24) is 9.97 Å². The minimum absolute atomic E-state index is 0.0915. The SMILES string of the molecule is Cc1nc(C)c(F)c(C(F)(F)F)n1. The minimum atomic E-state index is -4.76. The first-order valence-electron chi connectivity index (χ1n) is 3.40. The lowest BCUT2D eigenvalue weighted by molar-refractivity contribution is -0.144. The van der Waals surface area contributed by atoms with Gasteiger partial charge in [-0.05, 0) is 13.8 Å². The Bertz CT molecular complexity index is 332. The van der Waals surface area contributed by atoms with Crippen molar-refractivity contribution >= 4 is 0 Å². The lowest BCUT2D eigenvalue weighted by Gasteiger charge is -2.08. The molecule has 0 atom stereocenters. The third kappa shape index (κ3) is 1.93. The number of nitrogens with zero attached hydrogens (tertiary/aromatic N) is 2. The summed E-state index contributed by atoms with van der Waals surface area (Å²) in [6.07, 6.45) is -4.76. The molecule has 0 spiro atoms. The largest absolute Gasteiger partial charge is 0.436 e. The molecule has 6 heteroatoms. The molecule has 0 radical (unpaired) electrons. The second kappa shape index (κ2) is 2.93. The van der Waals surface area contributed by atoms with E-state index in [9.17, 15) is 17.6 Å². The van der Waals surface area contributed by atoms with Crippen molar-refractivity contribution in [2.45, 2.75) is 20.0 Å². The second-order valence-corrected chi connectivity index (χ2v) is 2.52. The fourth-order valence-electron chi connectivity index (χ4n) is 0.887. The molecule has 0 aliphatic rings. The Hall–Kier alpha value is -1.20. The molecule has 0 fully saturated rings. The summed E-state index contributed by atoms with van der Waals surface area (Å²) in [7, 11) is 0. The van der Waals surface area contributed by atoms with Crippen LogP contribution in [-0.2, 0) is 6.18 Å². The smallest absolute Gasteiger partial charge is 0.235 e. The van der Waals surface area contributed by atoms with Crippen molar-refractivity contribution in [3.8, 4) is 0 Å². The van der Waals surface area contributed by atoms with E-state index in [1.807, 2.05) is 0 Å². The first-order chi connectivity index (χ1) is 5.82. The molecule has 1 rings (SSSR count). The van der Waals surface area contributed by atoms with E-state index in [0.29, 0.717) is 0 Å². The highest BCUT2D eigenvalue weighted by molar-refractivity contribution is 5.15. The van der Waals surface area contributed by atoms with Gasteiger partial charge in [-0.1, -0.05) is 0 Å². The first kappa shape index (κ1) is 9.88. The van der Waals surface area contributed by atoms with Gasteiger partial charge in [0.05, 0.1) is 5.69 Å². The number of alkyl halides is 3. The van der Waals surface area contributed by atoms with Crippen LogP contribution in [0.2, 0.25) is 0 Å². The van der Waals surface area contributed by atoms with E-state index in [1.165, 1.54) is 13.8 Å². The highest BCUT2D eigenvalue weighted by atomic mass is 19.4. The zero-order valence-corrected chi connectivity index (χ0v) is 6.91. The van der Waals surface area contributed by atoms with E-state index in [1.54, 1.807) is 0 Å². The molecule has 0 saturated heterocycles. The summed E-state index contributed by atoms with van der Waals surface area (Å²) in [5.74, 6) is -1.50. The van der Waals surface area contributed by atoms with Gasteiger partial charge in [-0.25, -0.2) is 14.4 Å². The number of halogens is 4. The average Bonchev–Trinajstić information content (AvgIpc) is 1.94. The van der Waals surface area contributed by atoms with E-state index in [2.05, 4.69) is 9.97 Å². The van der Waals surface area contributed by atoms with Crippen molar-refractivity contribution in [2.24, 2.45) is 0 Å². The van der Waals surface area contributed by atoms with Gasteiger partial charge in [0, 0.05) is 0 Å². The Kier molecular flexibility index (Phi) is 2.23. The van der Waals surface area contributed by atoms with Gasteiger partial charge < -0.3 is 0 Å². The highest BCUT2D eigenvalue weighted by Gasteiger charge is 2.37. The molecule has 0 aromatic carbocycles. The van der Waals surface area contributed by atoms with Gasteiger partial charge in [0.25, 0.3) is 0 Å². The Morgan fingerprint density at radius 3 is 2.08 bits per heavy atom. The van der Waals surface area contributed by atoms with Gasteiger partial charge in [0.2, 0.25) is 0 Å². The molecule has 0 unspecified atom stereocenters. The zero-order valence-electron chi connectivity index (χ0n) is 6.91. The van der Waals surface area contributed by atoms with Crippen LogP contribution in [0.5, 0.6) is 0 Å². The summed E-state index contributed by atoms with van der Waals surface area (Å²) in [6, 6.07) is 0. The van der Waals surface area contributed by atoms with E-state index in [4.69, 9.17) is 0 Å². The van der Waals surface area contributed by atoms with Gasteiger partial charge in [-0.2, -0.15) is 13.2 Å². The maximum atomic E-state index is 12.8. The molecule has 2 nitrogen and oxygen atoms in total. The van der Waals surface area contributed by atoms with Crippen LogP contribution < -0.4 is 0 Å². The molecule has 0 amide bonds. The number of hydrogen-bond donors (Lipinski definition) is 0. The number of aromatic nitrogens is 2. The Morgan fingerprint density at radius 2 is 1.62 bits per heavy atom. The van der Waals surface area contributed by atoms with Crippen LogP contribution in [0.4, 0.5) is 17.6 Å². The van der Waals surface area contributed by atoms with Crippen molar-refractivity contribution in [3.63, 3.8) is 0 Å². The maximum absolute atomic E-state index is 12.8. The predicted molar refractivity (Wildman–Crippen MR) is 36.5 cm³/mol. The van der Waals surface area contributed by atoms with Gasteiger partial charge in [-0.3, -0.25) is 0 Å². The summed E-state index contributed by atoms with van der Waals surface area (Å²) in [5.41, 5.74) is -1.79. The molecule has 72 valence electrons. The van der Waals surface area contributed by atoms with Crippen LogP contribution in [0.15, 0.2) is 0 Å². The predicted octanol–water partition coefficient (Wildman–Crippen LogP) is 2.25. The maximum Gasteiger partial charge on any atom is 0.436 e. The van der Waals surface area contributed by atoms with Crippen LogP contribution in [0, 0.1) is 19.7 Å². The third-order valence-corrected chi connectivity index (χ3v) is 1.40. The minimum Gasteiger partial charge on any atom is -0.235 e. The van der Waals surface area contributed by atoms with Gasteiger partial charge >= 0.3 is 6.18 Å². The number of hydrogen-bond acceptors (Lipinski definition) is 2. The van der Waals surface area contributed by atoms with Crippen LogP contribution in [0.1, 0.15) is 17.2 Å². The monoisotopic (exact) mass is 194 g/mol. The topological polar surface area (TPSA) is 25.8 Å². The molecule has 0 aliphatic carbocycles. The highest BCUT2D eigenvalue weighted by Crippen LogP contribution is 2.30. The number of aryl methyl sites for hydroxylation is 2. The van der Waals surface area contributed by atoms with Crippen LogP contribution in [0.25, 0.3) is 0 Å². The van der Waals surface area contributed by atoms with Gasteiger partial charge in [0.1, 0.15) is 5.82 Å². The van der Waals surface area contributed by atoms with Crippen molar-refractivity contribution < 1.29 is 17.6 Å². The Balaban J connectivity index is 3.37. The summed E-state index contributed by atoms with van der Waals surface area (Å²) < 4.78 is 49.1. The average molecular weight is 194 g/mol. The normalized spacial score (nSPS) is 11.8. The third-order valence-electron chi connectivity index (χ3n) is 1.40. The lowest BCUT2D eigenvalue weighted by Crippen LogP contribution is -2.14. The molecule has 1 aromatic heterocycles. The summed E-state index contributed by atoms with van der Waals surface area (Å²) in [5, 5.41) is 0. The summed E-state index contributed by atoms with van der Waals surface area (Å²) in [4.78, 5) is 6.45. The van der Waals surface area contributed by atoms with Crippen LogP contribution in [0.3, 0.4) is 0 Å². The first-order valence-corrected chi connectivity index (χ1v) is 3.40. The molecule has 0 N–H and O–H groups in total. The molecule has 1 aromatic rings. The van der Waals surface area contributed by atoms with Crippen LogP contribution >= 0.6 is 0 Å². The molecule has 1 heterocycles. The molecule has 0 bridgehead atoms. The van der Waals surface area contributed by atoms with E-state index >= 15 is 0 Å². The van der Waals surface area contributed by atoms with E-state index in [-0.39, 0.29) is 11.5 Å². The number of rotatable bonds is 0. The Morgan fingerprint density at radius 1 is 1.08 bits per heavy atom. The van der Waals surface area contributed by atoms with Gasteiger partial charge in [0.15, 0.2) is 11.5 Å². The lowest BCUT2D eigenvalue weighted by atomic mass is 10.3. The fourth-order valence-corrected chi connectivity index (χ4v) is 0.887. The molecular weight excluding hydrogens is 188 g/mol. The molecule has 13 heavy (non-hydrogen) atoms. The van der Waals surface area contributed by atoms with Crippen molar-refractivity contribution in [1.29, 1.82) is 0 Å². The second-order valence-electron chi connectivity index (χ2n) is 2.52. The van der Waals surface area contributed by atoms with Crippen molar-refractivity contribution in [2.75, 3.05) is 0 Å². The molecule has 0 aliphatic heterocycles. The Labute approximate surface area is 71.6 Å². The van der Waals surface area contributed by atoms with E-state index in [0.717, 1.165) is 0 Å². The molecular formula is C7H6F4N2. The fraction of sp³-hybridized carbons (Fsp3) is 0.429. The van der Waals surface area contributed by atoms with Crippen LogP contribution in [-0.4, -0.2) is 9.97 Å². The van der Waals surface area contributed by atoms with Gasteiger partial charge in [-0.15, -0.1) is 0 Å². The van der Waals surface area contributed by atoms with E-state index < -0.39 is 17.7 Å². The summed E-state index contributed by atoms with van der Waals surface area (Å²) in [6.45, 7) is 2.45. The molecule has 0 saturated carbocycles. The standard InChI is InChI=1S/C7H6F4N2/c1-3-5(8)6(7(9,10)11)13-4(2)12-3/h1-2H3. The quantitative estimate of drug-likeness (QED) is 0.592. The summed E-state index contributed by atoms with van der Waals surface area (Å²) >= 11 is 0. The van der Waals surface area contributed by atoms with Crippen molar-refractivity contribution in [3.05, 3.63) is 23.0 Å².